The Bertz CT molecular complexity index is 443. The summed E-state index contributed by atoms with van der Waals surface area (Å²) >= 11 is 0. The van der Waals surface area contributed by atoms with Crippen LogP contribution >= 0.6 is 0 Å². The normalized spacial score (nSPS) is 14.1. The molecule has 1 aromatic rings. The summed E-state index contributed by atoms with van der Waals surface area (Å²) in [6.45, 7) is 0.0569. The molecule has 1 aliphatic rings. The zero-order chi connectivity index (χ0) is 12.3. The second kappa shape index (κ2) is 4.82. The van der Waals surface area contributed by atoms with Gasteiger partial charge in [0.2, 0.25) is 5.91 Å². The standard InChI is InChI=1S/C11H13N3O3/c15-11(13-8-5-6-8)7-12-9-3-1-2-4-10(9)14(16)17/h1-4,8,12H,5-7H2,(H,13,15). The molecule has 17 heavy (non-hydrogen) atoms. The largest absolute Gasteiger partial charge is 0.371 e. The van der Waals surface area contributed by atoms with Crippen molar-refractivity contribution < 1.29 is 9.72 Å². The highest BCUT2D eigenvalue weighted by Crippen LogP contribution is 2.23. The number of hydrogen-bond donors (Lipinski definition) is 2. The summed E-state index contributed by atoms with van der Waals surface area (Å²) in [5, 5.41) is 16.3. The quantitative estimate of drug-likeness (QED) is 0.594. The lowest BCUT2D eigenvalue weighted by atomic mass is 10.2. The minimum Gasteiger partial charge on any atom is -0.371 e. The van der Waals surface area contributed by atoms with E-state index in [4.69, 9.17) is 0 Å². The Balaban J connectivity index is 1.93. The first-order chi connectivity index (χ1) is 8.16. The number of nitro groups is 1. The van der Waals surface area contributed by atoms with Gasteiger partial charge in [0, 0.05) is 12.1 Å². The molecule has 6 heteroatoms. The van der Waals surface area contributed by atoms with Crippen LogP contribution in [0, 0.1) is 10.1 Å². The van der Waals surface area contributed by atoms with Crippen LogP contribution in [0.15, 0.2) is 24.3 Å². The van der Waals surface area contributed by atoms with Gasteiger partial charge in [-0.1, -0.05) is 12.1 Å². The molecular formula is C11H13N3O3. The van der Waals surface area contributed by atoms with Gasteiger partial charge in [-0.3, -0.25) is 14.9 Å². The number of carbonyl (C=O) groups is 1. The van der Waals surface area contributed by atoms with E-state index in [1.165, 1.54) is 6.07 Å². The number of benzene rings is 1. The molecule has 1 fully saturated rings. The zero-order valence-corrected chi connectivity index (χ0v) is 9.18. The number of carbonyl (C=O) groups excluding carboxylic acids is 1. The maximum Gasteiger partial charge on any atom is 0.292 e. The van der Waals surface area contributed by atoms with Crippen LogP contribution in [0.2, 0.25) is 0 Å². The van der Waals surface area contributed by atoms with Crippen molar-refractivity contribution >= 4 is 17.3 Å². The molecule has 0 aliphatic heterocycles. The molecule has 90 valence electrons. The van der Waals surface area contributed by atoms with Crippen molar-refractivity contribution in [2.75, 3.05) is 11.9 Å². The van der Waals surface area contributed by atoms with E-state index >= 15 is 0 Å². The maximum absolute atomic E-state index is 11.4. The van der Waals surface area contributed by atoms with Crippen molar-refractivity contribution in [2.45, 2.75) is 18.9 Å². The molecule has 0 spiro atoms. The summed E-state index contributed by atoms with van der Waals surface area (Å²) in [6, 6.07) is 6.57. The fourth-order valence-corrected chi connectivity index (χ4v) is 1.46. The first-order valence-corrected chi connectivity index (χ1v) is 5.43. The summed E-state index contributed by atoms with van der Waals surface area (Å²) in [4.78, 5) is 21.7. The van der Waals surface area contributed by atoms with Crippen LogP contribution in [0.5, 0.6) is 0 Å². The van der Waals surface area contributed by atoms with Gasteiger partial charge >= 0.3 is 0 Å². The predicted octanol–water partition coefficient (Wildman–Crippen LogP) is 1.29. The van der Waals surface area contributed by atoms with Crippen molar-refractivity contribution in [1.82, 2.24) is 5.32 Å². The SMILES string of the molecule is O=C(CNc1ccccc1[N+](=O)[O-])NC1CC1. The molecule has 2 N–H and O–H groups in total. The van der Waals surface area contributed by atoms with Crippen molar-refractivity contribution in [3.63, 3.8) is 0 Å². The topological polar surface area (TPSA) is 84.3 Å². The molecule has 1 aliphatic carbocycles. The van der Waals surface area contributed by atoms with E-state index in [9.17, 15) is 14.9 Å². The van der Waals surface area contributed by atoms with E-state index in [0.29, 0.717) is 11.7 Å². The van der Waals surface area contributed by atoms with Crippen LogP contribution in [0.4, 0.5) is 11.4 Å². The summed E-state index contributed by atoms with van der Waals surface area (Å²) in [7, 11) is 0. The van der Waals surface area contributed by atoms with Crippen LogP contribution in [0.3, 0.4) is 0 Å². The number of para-hydroxylation sites is 2. The summed E-state index contributed by atoms with van der Waals surface area (Å²) in [6.07, 6.45) is 2.05. The smallest absolute Gasteiger partial charge is 0.292 e. The van der Waals surface area contributed by atoms with E-state index < -0.39 is 4.92 Å². The number of anilines is 1. The van der Waals surface area contributed by atoms with Crippen molar-refractivity contribution in [3.05, 3.63) is 34.4 Å². The van der Waals surface area contributed by atoms with Gasteiger partial charge in [-0.2, -0.15) is 0 Å². The third-order valence-corrected chi connectivity index (χ3v) is 2.48. The first-order valence-electron chi connectivity index (χ1n) is 5.43. The molecule has 0 saturated heterocycles. The number of nitrogens with one attached hydrogen (secondary N) is 2. The Morgan fingerprint density at radius 2 is 2.12 bits per heavy atom. The maximum atomic E-state index is 11.4. The zero-order valence-electron chi connectivity index (χ0n) is 9.18. The molecule has 2 rings (SSSR count). The van der Waals surface area contributed by atoms with Crippen molar-refractivity contribution in [1.29, 1.82) is 0 Å². The molecule has 1 aromatic carbocycles. The number of rotatable bonds is 5. The van der Waals surface area contributed by atoms with Gasteiger partial charge in [0.25, 0.3) is 5.69 Å². The lowest BCUT2D eigenvalue weighted by Gasteiger charge is -2.07. The van der Waals surface area contributed by atoms with Crippen LogP contribution in [-0.2, 0) is 4.79 Å². The van der Waals surface area contributed by atoms with Crippen molar-refractivity contribution in [2.24, 2.45) is 0 Å². The van der Waals surface area contributed by atoms with Crippen LogP contribution < -0.4 is 10.6 Å². The van der Waals surface area contributed by atoms with Gasteiger partial charge in [-0.05, 0) is 18.9 Å². The molecule has 0 heterocycles. The van der Waals surface area contributed by atoms with Crippen molar-refractivity contribution in [3.8, 4) is 0 Å². The van der Waals surface area contributed by atoms with Crippen LogP contribution in [0.25, 0.3) is 0 Å². The fourth-order valence-electron chi connectivity index (χ4n) is 1.46. The van der Waals surface area contributed by atoms with Gasteiger partial charge in [0.05, 0.1) is 11.5 Å². The Hall–Kier alpha value is -2.11. The molecule has 1 amide bonds. The van der Waals surface area contributed by atoms with E-state index in [0.717, 1.165) is 12.8 Å². The summed E-state index contributed by atoms with van der Waals surface area (Å²) < 4.78 is 0. The Kier molecular flexibility index (Phi) is 3.22. The number of amides is 1. The van der Waals surface area contributed by atoms with Gasteiger partial charge in [0.1, 0.15) is 5.69 Å². The highest BCUT2D eigenvalue weighted by Gasteiger charge is 2.23. The van der Waals surface area contributed by atoms with Gasteiger partial charge in [-0.15, -0.1) is 0 Å². The molecule has 0 aromatic heterocycles. The van der Waals surface area contributed by atoms with Crippen LogP contribution in [0.1, 0.15) is 12.8 Å². The molecular weight excluding hydrogens is 222 g/mol. The monoisotopic (exact) mass is 235 g/mol. The third-order valence-electron chi connectivity index (χ3n) is 2.48. The highest BCUT2D eigenvalue weighted by molar-refractivity contribution is 5.82. The Labute approximate surface area is 98.2 Å². The van der Waals surface area contributed by atoms with E-state index in [1.807, 2.05) is 0 Å². The lowest BCUT2D eigenvalue weighted by molar-refractivity contribution is -0.383. The average molecular weight is 235 g/mol. The summed E-state index contributed by atoms with van der Waals surface area (Å²) in [5.41, 5.74) is 0.343. The number of hydrogen-bond acceptors (Lipinski definition) is 4. The Morgan fingerprint density at radius 1 is 1.41 bits per heavy atom. The predicted molar refractivity (Wildman–Crippen MR) is 62.8 cm³/mol. The van der Waals surface area contributed by atoms with E-state index in [1.54, 1.807) is 18.2 Å². The second-order valence-corrected chi connectivity index (χ2v) is 3.97. The van der Waals surface area contributed by atoms with Gasteiger partial charge in [0.15, 0.2) is 0 Å². The molecule has 0 unspecified atom stereocenters. The second-order valence-electron chi connectivity index (χ2n) is 3.97. The van der Waals surface area contributed by atoms with Crippen LogP contribution in [-0.4, -0.2) is 23.4 Å². The number of nitrogens with zero attached hydrogens (tertiary/aromatic N) is 1. The molecule has 0 atom stereocenters. The minimum absolute atomic E-state index is 0.0216. The lowest BCUT2D eigenvalue weighted by Crippen LogP contribution is -2.31. The molecule has 0 radical (unpaired) electrons. The first kappa shape index (κ1) is 11.4. The van der Waals surface area contributed by atoms with Gasteiger partial charge < -0.3 is 10.6 Å². The Morgan fingerprint density at radius 3 is 2.76 bits per heavy atom. The number of nitro benzene ring substituents is 1. The van der Waals surface area contributed by atoms with E-state index in [-0.39, 0.29) is 18.1 Å². The average Bonchev–Trinajstić information content (AvgIpc) is 3.10. The van der Waals surface area contributed by atoms with Gasteiger partial charge in [-0.25, -0.2) is 0 Å². The van der Waals surface area contributed by atoms with E-state index in [2.05, 4.69) is 10.6 Å². The minimum atomic E-state index is -0.471. The molecule has 6 nitrogen and oxygen atoms in total. The third kappa shape index (κ3) is 3.17. The molecule has 0 bridgehead atoms. The fraction of sp³-hybridized carbons (Fsp3) is 0.364. The highest BCUT2D eigenvalue weighted by atomic mass is 16.6. The summed E-state index contributed by atoms with van der Waals surface area (Å²) in [5.74, 6) is -0.134. The molecule has 1 saturated carbocycles.